The van der Waals surface area contributed by atoms with Crippen LogP contribution in [0.5, 0.6) is 0 Å². The summed E-state index contributed by atoms with van der Waals surface area (Å²) in [6, 6.07) is 2.47. The van der Waals surface area contributed by atoms with Crippen molar-refractivity contribution < 1.29 is 4.84 Å². The van der Waals surface area contributed by atoms with Gasteiger partial charge in [0.1, 0.15) is 0 Å². The second-order valence-electron chi connectivity index (χ2n) is 4.14. The van der Waals surface area contributed by atoms with Crippen molar-refractivity contribution in [3.05, 3.63) is 28.0 Å². The van der Waals surface area contributed by atoms with Crippen LogP contribution in [0.3, 0.4) is 0 Å². The van der Waals surface area contributed by atoms with Gasteiger partial charge in [0, 0.05) is 0 Å². The molecule has 0 saturated carbocycles. The summed E-state index contributed by atoms with van der Waals surface area (Å²) in [4.78, 5) is 6.89. The van der Waals surface area contributed by atoms with E-state index in [1.807, 2.05) is 11.1 Å². The van der Waals surface area contributed by atoms with E-state index in [2.05, 4.69) is 32.2 Å². The van der Waals surface area contributed by atoms with Crippen LogP contribution in [0, 0.1) is 6.92 Å². The molecule has 2 unspecified atom stereocenters. The van der Waals surface area contributed by atoms with Gasteiger partial charge < -0.3 is 5.73 Å². The summed E-state index contributed by atoms with van der Waals surface area (Å²) in [5.74, 6) is 0. The van der Waals surface area contributed by atoms with Crippen molar-refractivity contribution in [3.63, 3.8) is 0 Å². The van der Waals surface area contributed by atoms with Gasteiger partial charge in [-0.3, -0.25) is 4.84 Å². The van der Waals surface area contributed by atoms with E-state index in [9.17, 15) is 0 Å². The van der Waals surface area contributed by atoms with Crippen LogP contribution in [0.1, 0.15) is 30.7 Å². The highest BCUT2D eigenvalue weighted by Gasteiger charge is 2.28. The highest BCUT2D eigenvalue weighted by Crippen LogP contribution is 2.34. The predicted molar refractivity (Wildman–Crippen MR) is 67.7 cm³/mol. The van der Waals surface area contributed by atoms with E-state index in [1.165, 1.54) is 10.4 Å². The monoisotopic (exact) mass is 238 g/mol. The average Bonchev–Trinajstić information content (AvgIpc) is 2.83. The van der Waals surface area contributed by atoms with Gasteiger partial charge in [-0.2, -0.15) is 0 Å². The quantitative estimate of drug-likeness (QED) is 0.880. The number of hydrogen-bond acceptors (Lipinski definition) is 4. The number of hydrogen-bond donors (Lipinski definition) is 1. The van der Waals surface area contributed by atoms with Gasteiger partial charge in [0.25, 0.3) is 0 Å². The van der Waals surface area contributed by atoms with Gasteiger partial charge in [-0.15, -0.1) is 11.3 Å². The largest absolute Gasteiger partial charge is 0.301 e. The maximum atomic E-state index is 5.83. The van der Waals surface area contributed by atoms with E-state index in [-0.39, 0.29) is 6.23 Å². The zero-order valence-corrected chi connectivity index (χ0v) is 10.8. The van der Waals surface area contributed by atoms with E-state index in [0.29, 0.717) is 6.04 Å². The zero-order chi connectivity index (χ0) is 11.7. The lowest BCUT2D eigenvalue weighted by atomic mass is 10.2. The maximum absolute atomic E-state index is 5.83. The summed E-state index contributed by atoms with van der Waals surface area (Å²) < 4.78 is 0. The third-order valence-corrected chi connectivity index (χ3v) is 3.92. The van der Waals surface area contributed by atoms with Crippen molar-refractivity contribution in [1.29, 1.82) is 0 Å². The fourth-order valence-electron chi connectivity index (χ4n) is 1.77. The molecule has 88 valence electrons. The molecule has 2 heterocycles. The molecular weight excluding hydrogens is 220 g/mol. The topological polar surface area (TPSA) is 38.5 Å². The second kappa shape index (κ2) is 4.57. The molecule has 2 rings (SSSR count). The molecule has 1 aromatic heterocycles. The summed E-state index contributed by atoms with van der Waals surface area (Å²) in [5.41, 5.74) is 8.23. The predicted octanol–water partition coefficient (Wildman–Crippen LogP) is 2.73. The van der Waals surface area contributed by atoms with Crippen molar-refractivity contribution in [2.75, 3.05) is 0 Å². The van der Waals surface area contributed by atoms with Gasteiger partial charge >= 0.3 is 0 Å². The minimum absolute atomic E-state index is 0.314. The van der Waals surface area contributed by atoms with Gasteiger partial charge in [0.15, 0.2) is 6.23 Å². The van der Waals surface area contributed by atoms with Crippen LogP contribution in [0.25, 0.3) is 5.70 Å². The molecule has 1 aromatic rings. The molecule has 1 aliphatic heterocycles. The summed E-state index contributed by atoms with van der Waals surface area (Å²) >= 11 is 1.73. The summed E-state index contributed by atoms with van der Waals surface area (Å²) in [6.07, 6.45) is 2.71. The van der Waals surface area contributed by atoms with Crippen LogP contribution >= 0.6 is 11.3 Å². The van der Waals surface area contributed by atoms with Gasteiger partial charge in [0.05, 0.1) is 16.6 Å². The first-order chi connectivity index (χ1) is 7.63. The number of hydroxylamine groups is 2. The molecule has 16 heavy (non-hydrogen) atoms. The molecule has 1 aliphatic rings. The van der Waals surface area contributed by atoms with Crippen molar-refractivity contribution >= 4 is 17.0 Å². The first-order valence-corrected chi connectivity index (χ1v) is 6.49. The maximum Gasteiger partial charge on any atom is 0.155 e. The molecule has 4 heteroatoms. The lowest BCUT2D eigenvalue weighted by Crippen LogP contribution is -2.32. The minimum Gasteiger partial charge on any atom is -0.301 e. The Labute approximate surface area is 100 Å². The molecule has 0 bridgehead atoms. The minimum atomic E-state index is -0.314. The molecule has 0 amide bonds. The first kappa shape index (κ1) is 11.6. The fraction of sp³-hybridized carbons (Fsp3) is 0.500. The molecular formula is C12H18N2OS. The smallest absolute Gasteiger partial charge is 0.155 e. The van der Waals surface area contributed by atoms with E-state index in [1.54, 1.807) is 11.3 Å². The summed E-state index contributed by atoms with van der Waals surface area (Å²) in [5, 5.41) is 4.05. The van der Waals surface area contributed by atoms with Crippen molar-refractivity contribution in [3.8, 4) is 0 Å². The molecule has 2 N–H and O–H groups in total. The Morgan fingerprint density at radius 3 is 2.94 bits per heavy atom. The van der Waals surface area contributed by atoms with Crippen LogP contribution < -0.4 is 5.73 Å². The van der Waals surface area contributed by atoms with Crippen LogP contribution in [-0.4, -0.2) is 17.3 Å². The molecule has 0 aliphatic carbocycles. The van der Waals surface area contributed by atoms with E-state index >= 15 is 0 Å². The van der Waals surface area contributed by atoms with Crippen LogP contribution in [-0.2, 0) is 4.84 Å². The van der Waals surface area contributed by atoms with Gasteiger partial charge in [-0.05, 0) is 43.4 Å². The van der Waals surface area contributed by atoms with Crippen molar-refractivity contribution in [2.45, 2.75) is 39.5 Å². The molecule has 0 aromatic carbocycles. The third kappa shape index (κ3) is 2.00. The Bertz CT molecular complexity index is 399. The third-order valence-electron chi connectivity index (χ3n) is 2.88. The van der Waals surface area contributed by atoms with E-state index in [4.69, 9.17) is 10.6 Å². The highest BCUT2D eigenvalue weighted by atomic mass is 32.1. The normalized spacial score (nSPS) is 22.4. The van der Waals surface area contributed by atoms with Crippen molar-refractivity contribution in [1.82, 2.24) is 5.06 Å². The number of rotatable bonds is 3. The molecule has 2 atom stereocenters. The molecule has 0 spiro atoms. The standard InChI is InChI=1S/C12H18N2OS/c1-4-9(3)14-10(7-11(13)15-14)12-8(2)5-6-16-12/h5-7,9,11H,4,13H2,1-3H3. The van der Waals surface area contributed by atoms with E-state index in [0.717, 1.165) is 12.1 Å². The second-order valence-corrected chi connectivity index (χ2v) is 5.05. The van der Waals surface area contributed by atoms with Gasteiger partial charge in [-0.25, -0.2) is 5.06 Å². The summed E-state index contributed by atoms with van der Waals surface area (Å²) in [6.45, 7) is 6.41. The summed E-state index contributed by atoms with van der Waals surface area (Å²) in [7, 11) is 0. The molecule has 0 radical (unpaired) electrons. The first-order valence-electron chi connectivity index (χ1n) is 5.61. The molecule has 0 fully saturated rings. The van der Waals surface area contributed by atoms with Gasteiger partial charge in [-0.1, -0.05) is 6.92 Å². The van der Waals surface area contributed by atoms with Crippen molar-refractivity contribution in [2.24, 2.45) is 5.73 Å². The highest BCUT2D eigenvalue weighted by molar-refractivity contribution is 7.11. The number of thiophene rings is 1. The van der Waals surface area contributed by atoms with E-state index < -0.39 is 0 Å². The Balaban J connectivity index is 2.31. The lowest BCUT2D eigenvalue weighted by Gasteiger charge is -2.27. The molecule has 0 saturated heterocycles. The lowest BCUT2D eigenvalue weighted by molar-refractivity contribution is -0.142. The Hall–Kier alpha value is -0.840. The molecule has 3 nitrogen and oxygen atoms in total. The zero-order valence-electron chi connectivity index (χ0n) is 9.93. The van der Waals surface area contributed by atoms with Crippen LogP contribution in [0.2, 0.25) is 0 Å². The number of aryl methyl sites for hydroxylation is 1. The Morgan fingerprint density at radius 2 is 2.38 bits per heavy atom. The fourth-order valence-corrected chi connectivity index (χ4v) is 2.71. The van der Waals surface area contributed by atoms with Gasteiger partial charge in [0.2, 0.25) is 0 Å². The SMILES string of the molecule is CCC(C)N1OC(N)C=C1c1sccc1C. The number of nitrogens with zero attached hydrogens (tertiary/aromatic N) is 1. The van der Waals surface area contributed by atoms with Crippen LogP contribution in [0.15, 0.2) is 17.5 Å². The number of nitrogens with two attached hydrogens (primary N) is 1. The Morgan fingerprint density at radius 1 is 1.62 bits per heavy atom. The average molecular weight is 238 g/mol. The van der Waals surface area contributed by atoms with Crippen LogP contribution in [0.4, 0.5) is 0 Å². The Kier molecular flexibility index (Phi) is 3.33.